The predicted molar refractivity (Wildman–Crippen MR) is 64.7 cm³/mol. The second-order valence-corrected chi connectivity index (χ2v) is 6.66. The summed E-state index contributed by atoms with van der Waals surface area (Å²) in [7, 11) is -3.17. The van der Waals surface area contributed by atoms with Crippen molar-refractivity contribution in [2.75, 3.05) is 18.1 Å². The number of nitrogens with zero attached hydrogens (tertiary/aromatic N) is 1. The molecular weight excluding hydrogens is 260 g/mol. The Balaban J connectivity index is 2.85. The summed E-state index contributed by atoms with van der Waals surface area (Å²) in [6.07, 6.45) is 0.659. The molecule has 7 nitrogen and oxygen atoms in total. The third-order valence-corrected chi connectivity index (χ3v) is 4.75. The molecule has 1 fully saturated rings. The van der Waals surface area contributed by atoms with Gasteiger partial charge in [0.15, 0.2) is 9.84 Å². The molecule has 0 saturated carbocycles. The minimum Gasteiger partial charge on any atom is -0.480 e. The first-order valence-electron chi connectivity index (χ1n) is 5.75. The molecule has 1 saturated heterocycles. The Morgan fingerprint density at radius 2 is 2.11 bits per heavy atom. The zero-order chi connectivity index (χ0) is 13.9. The monoisotopic (exact) mass is 278 g/mol. The van der Waals surface area contributed by atoms with E-state index in [1.807, 2.05) is 0 Å². The van der Waals surface area contributed by atoms with Crippen molar-refractivity contribution in [3.05, 3.63) is 0 Å². The predicted octanol–water partition coefficient (Wildman–Crippen LogP) is -1.18. The lowest BCUT2D eigenvalue weighted by atomic mass is 10.1. The van der Waals surface area contributed by atoms with Gasteiger partial charge in [-0.05, 0) is 12.8 Å². The molecule has 0 radical (unpaired) electrons. The topological polar surface area (TPSA) is 118 Å². The lowest BCUT2D eigenvalue weighted by Gasteiger charge is -2.28. The molecule has 1 aliphatic heterocycles. The van der Waals surface area contributed by atoms with E-state index in [1.54, 1.807) is 6.92 Å². The Bertz CT molecular complexity index is 434. The van der Waals surface area contributed by atoms with Crippen molar-refractivity contribution in [3.63, 3.8) is 0 Å². The number of rotatable bonds is 5. The van der Waals surface area contributed by atoms with E-state index in [9.17, 15) is 18.0 Å². The van der Waals surface area contributed by atoms with Gasteiger partial charge in [-0.25, -0.2) is 8.42 Å². The molecule has 1 rings (SSSR count). The van der Waals surface area contributed by atoms with Crippen molar-refractivity contribution in [1.82, 2.24) is 4.90 Å². The molecule has 0 aromatic heterocycles. The molecule has 3 N–H and O–H groups in total. The van der Waals surface area contributed by atoms with Gasteiger partial charge in [0.2, 0.25) is 5.91 Å². The van der Waals surface area contributed by atoms with E-state index in [0.717, 1.165) is 4.90 Å². The van der Waals surface area contributed by atoms with Crippen LogP contribution in [0.5, 0.6) is 0 Å². The molecular formula is C10H18N2O5S. The van der Waals surface area contributed by atoms with Crippen LogP contribution in [0.4, 0.5) is 0 Å². The standard InChI is InChI=1S/C10H18N2O5S/c1-2-8(11)10(15)12(5-9(13)14)7-3-4-18(16,17)6-7/h7-8H,2-6,11H2,1H3,(H,13,14)/t7?,8-/m1/s1. The highest BCUT2D eigenvalue weighted by Gasteiger charge is 2.36. The van der Waals surface area contributed by atoms with E-state index >= 15 is 0 Å². The summed E-state index contributed by atoms with van der Waals surface area (Å²) >= 11 is 0. The molecule has 0 aromatic carbocycles. The van der Waals surface area contributed by atoms with Crippen molar-refractivity contribution < 1.29 is 23.1 Å². The third kappa shape index (κ3) is 3.67. The summed E-state index contributed by atoms with van der Waals surface area (Å²) in [6.45, 7) is 1.21. The summed E-state index contributed by atoms with van der Waals surface area (Å²) in [5, 5.41) is 8.79. The molecule has 0 aromatic rings. The van der Waals surface area contributed by atoms with Crippen molar-refractivity contribution in [2.24, 2.45) is 5.73 Å². The molecule has 1 unspecified atom stereocenters. The average molecular weight is 278 g/mol. The van der Waals surface area contributed by atoms with Gasteiger partial charge in [-0.15, -0.1) is 0 Å². The normalized spacial score (nSPS) is 23.6. The second-order valence-electron chi connectivity index (χ2n) is 4.43. The zero-order valence-corrected chi connectivity index (χ0v) is 11.0. The average Bonchev–Trinajstić information content (AvgIpc) is 2.64. The quantitative estimate of drug-likeness (QED) is 0.654. The smallest absolute Gasteiger partial charge is 0.323 e. The van der Waals surface area contributed by atoms with Gasteiger partial charge in [0.05, 0.1) is 17.5 Å². The third-order valence-electron chi connectivity index (χ3n) is 2.99. The van der Waals surface area contributed by atoms with E-state index in [1.165, 1.54) is 0 Å². The van der Waals surface area contributed by atoms with Gasteiger partial charge in [0.1, 0.15) is 6.54 Å². The van der Waals surface area contributed by atoms with Crippen LogP contribution in [0.2, 0.25) is 0 Å². The van der Waals surface area contributed by atoms with Crippen LogP contribution in [-0.2, 0) is 19.4 Å². The Morgan fingerprint density at radius 1 is 1.50 bits per heavy atom. The Kier molecular flexibility index (Phi) is 4.69. The van der Waals surface area contributed by atoms with Crippen LogP contribution in [0.1, 0.15) is 19.8 Å². The minimum absolute atomic E-state index is 0.0115. The van der Waals surface area contributed by atoms with Crippen LogP contribution in [0.15, 0.2) is 0 Å². The van der Waals surface area contributed by atoms with Crippen LogP contribution in [0.3, 0.4) is 0 Å². The number of carbonyl (C=O) groups excluding carboxylic acids is 1. The molecule has 18 heavy (non-hydrogen) atoms. The molecule has 1 aliphatic rings. The first-order chi connectivity index (χ1) is 8.26. The van der Waals surface area contributed by atoms with E-state index < -0.39 is 40.3 Å². The van der Waals surface area contributed by atoms with Crippen LogP contribution in [0, 0.1) is 0 Å². The highest BCUT2D eigenvalue weighted by atomic mass is 32.2. The number of hydrogen-bond acceptors (Lipinski definition) is 5. The van der Waals surface area contributed by atoms with Crippen molar-refractivity contribution in [3.8, 4) is 0 Å². The Morgan fingerprint density at radius 3 is 2.50 bits per heavy atom. The Labute approximate surface area is 106 Å². The van der Waals surface area contributed by atoms with Crippen molar-refractivity contribution >= 4 is 21.7 Å². The van der Waals surface area contributed by atoms with Gasteiger partial charge >= 0.3 is 5.97 Å². The van der Waals surface area contributed by atoms with Gasteiger partial charge in [0.25, 0.3) is 0 Å². The summed E-state index contributed by atoms with van der Waals surface area (Å²) in [6, 6.07) is -1.36. The summed E-state index contributed by atoms with van der Waals surface area (Å²) in [5.41, 5.74) is 5.59. The molecule has 104 valence electrons. The Hall–Kier alpha value is -1.15. The van der Waals surface area contributed by atoms with Crippen LogP contribution < -0.4 is 5.73 Å². The lowest BCUT2D eigenvalue weighted by molar-refractivity contribution is -0.146. The minimum atomic E-state index is -3.17. The van der Waals surface area contributed by atoms with E-state index in [2.05, 4.69) is 0 Å². The highest BCUT2D eigenvalue weighted by molar-refractivity contribution is 7.91. The van der Waals surface area contributed by atoms with E-state index in [-0.39, 0.29) is 17.9 Å². The maximum Gasteiger partial charge on any atom is 0.323 e. The maximum absolute atomic E-state index is 12.0. The number of carbonyl (C=O) groups is 2. The number of nitrogens with two attached hydrogens (primary N) is 1. The van der Waals surface area contributed by atoms with Crippen LogP contribution in [-0.4, -0.2) is 60.4 Å². The highest BCUT2D eigenvalue weighted by Crippen LogP contribution is 2.18. The number of carboxylic acid groups (broad SMARTS) is 1. The fourth-order valence-electron chi connectivity index (χ4n) is 1.94. The molecule has 0 aliphatic carbocycles. The van der Waals surface area contributed by atoms with E-state index in [4.69, 9.17) is 10.8 Å². The largest absolute Gasteiger partial charge is 0.480 e. The number of hydrogen-bond donors (Lipinski definition) is 2. The summed E-state index contributed by atoms with van der Waals surface area (Å²) in [5.74, 6) is -1.86. The molecule has 8 heteroatoms. The van der Waals surface area contributed by atoms with Gasteiger partial charge in [-0.3, -0.25) is 9.59 Å². The fourth-order valence-corrected chi connectivity index (χ4v) is 3.67. The molecule has 2 atom stereocenters. The van der Waals surface area contributed by atoms with Gasteiger partial charge in [-0.1, -0.05) is 6.92 Å². The van der Waals surface area contributed by atoms with Crippen LogP contribution in [0.25, 0.3) is 0 Å². The summed E-state index contributed by atoms with van der Waals surface area (Å²) < 4.78 is 22.8. The number of sulfone groups is 1. The first-order valence-corrected chi connectivity index (χ1v) is 7.57. The van der Waals surface area contributed by atoms with Gasteiger partial charge in [0, 0.05) is 6.04 Å². The second kappa shape index (κ2) is 5.66. The number of aliphatic carboxylic acids is 1. The number of carboxylic acids is 1. The zero-order valence-electron chi connectivity index (χ0n) is 10.2. The molecule has 1 amide bonds. The SMILES string of the molecule is CC[C@@H](N)C(=O)N(CC(=O)O)C1CCS(=O)(=O)C1. The maximum atomic E-state index is 12.0. The van der Waals surface area contributed by atoms with E-state index in [0.29, 0.717) is 6.42 Å². The van der Waals surface area contributed by atoms with Crippen LogP contribution >= 0.6 is 0 Å². The molecule has 0 spiro atoms. The molecule has 1 heterocycles. The van der Waals surface area contributed by atoms with Gasteiger partial charge in [-0.2, -0.15) is 0 Å². The number of amides is 1. The van der Waals surface area contributed by atoms with Gasteiger partial charge < -0.3 is 15.7 Å². The molecule has 0 bridgehead atoms. The summed E-state index contributed by atoms with van der Waals surface area (Å²) in [4.78, 5) is 23.8. The van der Waals surface area contributed by atoms with Crippen molar-refractivity contribution in [1.29, 1.82) is 0 Å². The first kappa shape index (κ1) is 14.9. The van der Waals surface area contributed by atoms with Crippen molar-refractivity contribution in [2.45, 2.75) is 31.8 Å². The fraction of sp³-hybridized carbons (Fsp3) is 0.800. The lowest BCUT2D eigenvalue weighted by Crippen LogP contribution is -2.50.